The lowest BCUT2D eigenvalue weighted by atomic mass is 10.1. The maximum Gasteiger partial charge on any atom is 0.225 e. The Hall–Kier alpha value is -1.52. The van der Waals surface area contributed by atoms with Gasteiger partial charge in [0, 0.05) is 23.2 Å². The molecule has 0 spiro atoms. The fourth-order valence-electron chi connectivity index (χ4n) is 3.29. The monoisotopic (exact) mass is 591 g/mol. The van der Waals surface area contributed by atoms with E-state index in [1.54, 1.807) is 27.3 Å². The largest absolute Gasteiger partial charge is 0.475 e. The van der Waals surface area contributed by atoms with Crippen molar-refractivity contribution in [2.24, 2.45) is 5.92 Å². The van der Waals surface area contributed by atoms with Crippen molar-refractivity contribution in [2.75, 3.05) is 44.9 Å². The fraction of sp³-hybridized carbons (Fsp3) is 0.476. The normalized spacial score (nSPS) is 17.8. The Labute approximate surface area is 207 Å². The summed E-state index contributed by atoms with van der Waals surface area (Å²) < 4.78 is 22.4. The predicted molar refractivity (Wildman–Crippen MR) is 131 cm³/mol. The number of rotatable bonds is 13. The first-order chi connectivity index (χ1) is 15.7. The van der Waals surface area contributed by atoms with E-state index in [2.05, 4.69) is 37.6 Å². The van der Waals surface area contributed by atoms with E-state index in [1.807, 2.05) is 6.07 Å². The predicted octanol–water partition coefficient (Wildman–Crippen LogP) is 3.68. The lowest BCUT2D eigenvalue weighted by Gasteiger charge is -2.14. The number of pyridine rings is 1. The van der Waals surface area contributed by atoms with Crippen LogP contribution in [0.1, 0.15) is 12.0 Å². The number of carbonyl (C=O) groups excluding carboxylic acids is 1. The maximum atomic E-state index is 12.1. The molecular formula is C21H23ClIN3O5S. The highest BCUT2D eigenvalue weighted by atomic mass is 127. The number of alkyl halides is 1. The molecule has 32 heavy (non-hydrogen) atoms. The van der Waals surface area contributed by atoms with E-state index >= 15 is 0 Å². The molecule has 2 unspecified atom stereocenters. The maximum absolute atomic E-state index is 12.1. The Bertz CT molecular complexity index is 961. The van der Waals surface area contributed by atoms with Crippen molar-refractivity contribution in [3.63, 3.8) is 0 Å². The number of ether oxygens (including phenoxy) is 4. The summed E-state index contributed by atoms with van der Waals surface area (Å²) in [7, 11) is 1.65. The minimum atomic E-state index is -0.212. The van der Waals surface area contributed by atoms with Crippen LogP contribution in [-0.4, -0.2) is 61.8 Å². The number of amides is 1. The molecule has 11 heteroatoms. The number of benzene rings is 1. The molecule has 0 saturated carbocycles. The van der Waals surface area contributed by atoms with Gasteiger partial charge in [-0.05, 0) is 51.2 Å². The number of aromatic nitrogens is 1. The van der Waals surface area contributed by atoms with Gasteiger partial charge in [0.05, 0.1) is 37.3 Å². The molecule has 1 saturated heterocycles. The Balaban J connectivity index is 1.65. The summed E-state index contributed by atoms with van der Waals surface area (Å²) in [6.07, 6.45) is 2.24. The van der Waals surface area contributed by atoms with Crippen LogP contribution in [0.3, 0.4) is 0 Å². The molecule has 8 nitrogen and oxygen atoms in total. The highest BCUT2D eigenvalue weighted by Gasteiger charge is 2.32. The third kappa shape index (κ3) is 6.99. The minimum Gasteiger partial charge on any atom is -0.475 e. The third-order valence-corrected chi connectivity index (χ3v) is 6.60. The number of hydrogen-bond acceptors (Lipinski definition) is 8. The van der Waals surface area contributed by atoms with E-state index < -0.39 is 0 Å². The second-order valence-electron chi connectivity index (χ2n) is 6.99. The van der Waals surface area contributed by atoms with Gasteiger partial charge in [-0.25, -0.2) is 4.98 Å². The first-order valence-corrected chi connectivity index (χ1v) is 14.1. The summed E-state index contributed by atoms with van der Waals surface area (Å²) in [5.74, 6) is 1.81. The first-order valence-electron chi connectivity index (χ1n) is 10.00. The summed E-state index contributed by atoms with van der Waals surface area (Å²) in [6.45, 7) is 1.65. The Kier molecular flexibility index (Phi) is 10.4. The molecule has 1 aromatic carbocycles. The average molecular weight is 592 g/mol. The van der Waals surface area contributed by atoms with Crippen LogP contribution in [0.4, 0.5) is 0 Å². The van der Waals surface area contributed by atoms with Crippen LogP contribution in [0.25, 0.3) is 10.8 Å². The first kappa shape index (κ1) is 25.1. The van der Waals surface area contributed by atoms with Gasteiger partial charge in [-0.1, -0.05) is 8.93 Å². The molecule has 2 heterocycles. The van der Waals surface area contributed by atoms with E-state index in [1.165, 1.54) is 0 Å². The van der Waals surface area contributed by atoms with E-state index in [0.29, 0.717) is 49.3 Å². The van der Waals surface area contributed by atoms with Gasteiger partial charge in [0.2, 0.25) is 11.8 Å². The second-order valence-corrected chi connectivity index (χ2v) is 9.87. The molecule has 2 atom stereocenters. The van der Waals surface area contributed by atoms with Gasteiger partial charge >= 0.3 is 0 Å². The zero-order valence-electron chi connectivity index (χ0n) is 17.2. The van der Waals surface area contributed by atoms with Crippen molar-refractivity contribution in [1.82, 2.24) is 10.3 Å². The van der Waals surface area contributed by atoms with Crippen molar-refractivity contribution >= 4 is 58.4 Å². The highest BCUT2D eigenvalue weighted by Crippen LogP contribution is 2.31. The summed E-state index contributed by atoms with van der Waals surface area (Å²) in [4.78, 5) is 16.5. The zero-order valence-corrected chi connectivity index (χ0v) is 21.0. The number of nitrogens with zero attached hydrogens (tertiary/aromatic N) is 2. The number of halogens is 2. The van der Waals surface area contributed by atoms with Crippen molar-refractivity contribution in [3.05, 3.63) is 30.0 Å². The van der Waals surface area contributed by atoms with Crippen LogP contribution in [0.5, 0.6) is 11.6 Å². The molecule has 1 aliphatic rings. The van der Waals surface area contributed by atoms with Gasteiger partial charge in [-0.3, -0.25) is 4.79 Å². The minimum absolute atomic E-state index is 0.0469. The number of nitriles is 1. The fourth-order valence-corrected chi connectivity index (χ4v) is 4.12. The number of nitrogens with one attached hydrogen (secondary N) is 1. The van der Waals surface area contributed by atoms with Crippen molar-refractivity contribution in [1.29, 1.82) is 5.26 Å². The van der Waals surface area contributed by atoms with Crippen LogP contribution >= 0.6 is 41.7 Å². The molecular weight excluding hydrogens is 569 g/mol. The van der Waals surface area contributed by atoms with Crippen molar-refractivity contribution < 1.29 is 23.7 Å². The molecule has 0 aliphatic carbocycles. The Morgan fingerprint density at radius 2 is 2.16 bits per heavy atom. The molecule has 3 rings (SSSR count). The molecule has 1 amide bonds. The molecule has 0 radical (unpaired) electrons. The van der Waals surface area contributed by atoms with E-state index in [-0.39, 0.29) is 31.3 Å². The topological polar surface area (TPSA) is 103 Å². The SMILES string of the molecule is N#Cc1cc2ccnc(OCC3CC(COCCCl)C(=O)N3)c2cc1OCOCCSI. The lowest BCUT2D eigenvalue weighted by Crippen LogP contribution is -2.31. The number of fused-ring (bicyclic) bond motifs is 1. The lowest BCUT2D eigenvalue weighted by molar-refractivity contribution is -0.124. The highest BCUT2D eigenvalue weighted by molar-refractivity contribution is 14.2. The standard InChI is InChI=1S/C21H23ClIN3O5S/c22-2-4-28-11-16-8-17(26-20(16)27)12-30-21-18-9-19(31-13-29-5-6-32-23)15(10-24)7-14(18)1-3-25-21/h1,3,7,9,16-17H,2,4-6,8,11-13H2,(H,26,27). The van der Waals surface area contributed by atoms with Crippen LogP contribution in [0, 0.1) is 17.2 Å². The van der Waals surface area contributed by atoms with E-state index in [9.17, 15) is 10.1 Å². The van der Waals surface area contributed by atoms with Gasteiger partial charge in [0.25, 0.3) is 0 Å². The van der Waals surface area contributed by atoms with Gasteiger partial charge in [0.1, 0.15) is 18.4 Å². The van der Waals surface area contributed by atoms with Crippen molar-refractivity contribution in [3.8, 4) is 17.7 Å². The zero-order chi connectivity index (χ0) is 22.8. The molecule has 172 valence electrons. The molecule has 1 aliphatic heterocycles. The quantitative estimate of drug-likeness (QED) is 0.163. The number of carbonyl (C=O) groups is 1. The summed E-state index contributed by atoms with van der Waals surface area (Å²) in [5.41, 5.74) is 0.407. The van der Waals surface area contributed by atoms with Gasteiger partial charge in [0.15, 0.2) is 6.79 Å². The van der Waals surface area contributed by atoms with Gasteiger partial charge < -0.3 is 24.3 Å². The molecule has 2 aromatic rings. The summed E-state index contributed by atoms with van der Waals surface area (Å²) in [5, 5.41) is 13.9. The average Bonchev–Trinajstić information content (AvgIpc) is 3.16. The van der Waals surface area contributed by atoms with E-state index in [0.717, 1.165) is 16.5 Å². The van der Waals surface area contributed by atoms with Crippen LogP contribution in [-0.2, 0) is 14.3 Å². The van der Waals surface area contributed by atoms with Crippen LogP contribution in [0.15, 0.2) is 24.4 Å². The van der Waals surface area contributed by atoms with Crippen LogP contribution in [0.2, 0.25) is 0 Å². The number of hydrogen-bond donors (Lipinski definition) is 1. The Morgan fingerprint density at radius 3 is 2.94 bits per heavy atom. The molecule has 1 N–H and O–H groups in total. The molecule has 1 aromatic heterocycles. The molecule has 1 fully saturated rings. The third-order valence-electron chi connectivity index (χ3n) is 4.80. The van der Waals surface area contributed by atoms with Crippen LogP contribution < -0.4 is 14.8 Å². The van der Waals surface area contributed by atoms with Gasteiger partial charge in [-0.15, -0.1) is 11.6 Å². The van der Waals surface area contributed by atoms with E-state index in [4.69, 9.17) is 30.5 Å². The Morgan fingerprint density at radius 1 is 1.28 bits per heavy atom. The summed E-state index contributed by atoms with van der Waals surface area (Å²) in [6, 6.07) is 7.30. The second kappa shape index (κ2) is 13.3. The summed E-state index contributed by atoms with van der Waals surface area (Å²) >= 11 is 7.81. The van der Waals surface area contributed by atoms with Crippen molar-refractivity contribution in [2.45, 2.75) is 12.5 Å². The smallest absolute Gasteiger partial charge is 0.225 e. The molecule has 0 bridgehead atoms. The van der Waals surface area contributed by atoms with Gasteiger partial charge in [-0.2, -0.15) is 5.26 Å².